The Hall–Kier alpha value is 0.352. The van der Waals surface area contributed by atoms with Crippen LogP contribution in [0, 0.1) is 19.0 Å². The van der Waals surface area contributed by atoms with E-state index in [4.69, 9.17) is 0 Å². The Labute approximate surface area is 101 Å². The Morgan fingerprint density at radius 1 is 0.800 bits per heavy atom. The molecule has 1 rings (SSSR count). The van der Waals surface area contributed by atoms with Gasteiger partial charge in [-0.1, -0.05) is 0 Å². The van der Waals surface area contributed by atoms with Crippen LogP contribution in [-0.2, 0) is 0 Å². The van der Waals surface area contributed by atoms with Crippen molar-refractivity contribution in [2.75, 3.05) is 0 Å². The van der Waals surface area contributed by atoms with Gasteiger partial charge in [0.15, 0.2) is 0 Å². The molecular weight excluding hydrogens is 319 g/mol. The van der Waals surface area contributed by atoms with Gasteiger partial charge in [-0.3, -0.25) is 0 Å². The Kier molecular flexibility index (Phi) is 3.86. The molecular formula is C12H22Si2Sn. The third-order valence-electron chi connectivity index (χ3n) is 2.80. The second-order valence-corrected chi connectivity index (χ2v) is 26.1. The van der Waals surface area contributed by atoms with E-state index < -0.39 is 34.5 Å². The molecule has 0 aromatic rings. The normalized spacial score (nSPS) is 25.7. The molecule has 0 saturated carbocycles. The zero-order valence-electron chi connectivity index (χ0n) is 10.9. The maximum atomic E-state index is 3.63. The van der Waals surface area contributed by atoms with E-state index in [2.05, 4.69) is 55.0 Å². The Morgan fingerprint density at radius 2 is 1.13 bits per heavy atom. The SMILES string of the molecule is C[Si]1(C)C#[C][Sn]([CH3])([CH3])[C]#C[Si](C)(C)CC1. The van der Waals surface area contributed by atoms with Gasteiger partial charge < -0.3 is 0 Å². The predicted octanol–water partition coefficient (Wildman–Crippen LogP) is 3.29. The van der Waals surface area contributed by atoms with Crippen molar-refractivity contribution in [3.05, 3.63) is 0 Å². The molecule has 0 nitrogen and oxygen atoms in total. The van der Waals surface area contributed by atoms with Crippen molar-refractivity contribution in [2.45, 2.75) is 48.2 Å². The summed E-state index contributed by atoms with van der Waals surface area (Å²) < 4.78 is 7.20. The quantitative estimate of drug-likeness (QED) is 0.469. The molecule has 0 unspecified atom stereocenters. The van der Waals surface area contributed by atoms with Crippen molar-refractivity contribution < 1.29 is 0 Å². The summed E-state index contributed by atoms with van der Waals surface area (Å²) in [6, 6.07) is 2.71. The average molecular weight is 341 g/mol. The van der Waals surface area contributed by atoms with Crippen LogP contribution >= 0.6 is 0 Å². The molecule has 0 radical (unpaired) electrons. The first-order chi connectivity index (χ1) is 6.62. The summed E-state index contributed by atoms with van der Waals surface area (Å²) in [7, 11) is -2.47. The summed E-state index contributed by atoms with van der Waals surface area (Å²) in [5.41, 5.74) is 7.26. The predicted molar refractivity (Wildman–Crippen MR) is 77.6 cm³/mol. The van der Waals surface area contributed by atoms with Crippen LogP contribution in [0.25, 0.3) is 0 Å². The third-order valence-corrected chi connectivity index (χ3v) is 13.6. The van der Waals surface area contributed by atoms with Crippen LogP contribution < -0.4 is 0 Å². The van der Waals surface area contributed by atoms with Gasteiger partial charge in [-0.15, -0.1) is 0 Å². The van der Waals surface area contributed by atoms with Crippen LogP contribution in [0.4, 0.5) is 0 Å². The minimum absolute atomic E-state index is 1.24. The fraction of sp³-hybridized carbons (Fsp3) is 0.667. The van der Waals surface area contributed by atoms with Crippen LogP contribution in [0.5, 0.6) is 0 Å². The zero-order valence-corrected chi connectivity index (χ0v) is 15.8. The van der Waals surface area contributed by atoms with Crippen molar-refractivity contribution >= 4 is 34.5 Å². The van der Waals surface area contributed by atoms with Crippen molar-refractivity contribution in [3.63, 3.8) is 0 Å². The Balaban J connectivity index is 3.12. The van der Waals surface area contributed by atoms with E-state index in [1.807, 2.05) is 0 Å². The molecule has 1 heterocycles. The van der Waals surface area contributed by atoms with E-state index in [1.165, 1.54) is 12.1 Å². The van der Waals surface area contributed by atoms with E-state index in [0.717, 1.165) is 0 Å². The average Bonchev–Trinajstić information content (AvgIpc) is 2.12. The van der Waals surface area contributed by atoms with Crippen molar-refractivity contribution in [1.82, 2.24) is 0 Å². The van der Waals surface area contributed by atoms with Crippen LogP contribution in [0.1, 0.15) is 0 Å². The second kappa shape index (κ2) is 4.31. The molecule has 82 valence electrons. The van der Waals surface area contributed by atoms with Gasteiger partial charge in [0.25, 0.3) is 0 Å². The van der Waals surface area contributed by atoms with E-state index in [9.17, 15) is 0 Å². The summed E-state index contributed by atoms with van der Waals surface area (Å²) in [4.78, 5) is 4.71. The molecule has 0 saturated heterocycles. The van der Waals surface area contributed by atoms with Gasteiger partial charge in [0.05, 0.1) is 0 Å². The molecule has 0 amide bonds. The number of hydrogen-bond donors (Lipinski definition) is 0. The third kappa shape index (κ3) is 4.80. The zero-order chi connectivity index (χ0) is 11.7. The van der Waals surface area contributed by atoms with Gasteiger partial charge in [-0.25, -0.2) is 0 Å². The maximum absolute atomic E-state index is 3.63. The van der Waals surface area contributed by atoms with E-state index in [1.54, 1.807) is 0 Å². The molecule has 0 aliphatic carbocycles. The Morgan fingerprint density at radius 3 is 1.47 bits per heavy atom. The van der Waals surface area contributed by atoms with Gasteiger partial charge in [0, 0.05) is 0 Å². The molecule has 0 N–H and O–H groups in total. The molecule has 0 atom stereocenters. The van der Waals surface area contributed by atoms with E-state index in [0.29, 0.717) is 0 Å². The topological polar surface area (TPSA) is 0 Å². The molecule has 15 heavy (non-hydrogen) atoms. The standard InChI is InChI=1S/C10H16Si2.2CH3.Sn/c1-7-11(3,4)9-10-12(5,6)8-2;;;/h9-10H2,3-6H3;2*1H3;. The monoisotopic (exact) mass is 342 g/mol. The van der Waals surface area contributed by atoms with Crippen LogP contribution in [0.3, 0.4) is 0 Å². The first-order valence-electron chi connectivity index (χ1n) is 5.71. The van der Waals surface area contributed by atoms with Gasteiger partial charge >= 0.3 is 102 Å². The van der Waals surface area contributed by atoms with Gasteiger partial charge in [-0.2, -0.15) is 0 Å². The molecule has 1 aliphatic rings. The second-order valence-electron chi connectivity index (χ2n) is 6.39. The van der Waals surface area contributed by atoms with E-state index >= 15 is 0 Å². The van der Waals surface area contributed by atoms with Crippen LogP contribution in [0.2, 0.25) is 48.2 Å². The first-order valence-corrected chi connectivity index (χ1v) is 20.7. The molecule has 0 bridgehead atoms. The first kappa shape index (κ1) is 13.4. The molecule has 3 heteroatoms. The molecule has 0 aromatic heterocycles. The van der Waals surface area contributed by atoms with Gasteiger partial charge in [-0.05, 0) is 0 Å². The van der Waals surface area contributed by atoms with E-state index in [-0.39, 0.29) is 0 Å². The van der Waals surface area contributed by atoms with Gasteiger partial charge in [0.2, 0.25) is 0 Å². The fourth-order valence-electron chi connectivity index (χ4n) is 1.43. The molecule has 1 aliphatic heterocycles. The van der Waals surface area contributed by atoms with Crippen molar-refractivity contribution in [1.29, 1.82) is 0 Å². The number of hydrogen-bond acceptors (Lipinski definition) is 0. The molecule has 0 aromatic carbocycles. The molecule has 0 spiro atoms. The van der Waals surface area contributed by atoms with Crippen LogP contribution in [-0.4, -0.2) is 34.5 Å². The summed E-state index contributed by atoms with van der Waals surface area (Å²) in [6.07, 6.45) is 0. The summed E-state index contributed by atoms with van der Waals surface area (Å²) in [5.74, 6) is 0. The minimum atomic E-state index is -2.27. The van der Waals surface area contributed by atoms with Crippen LogP contribution in [0.15, 0.2) is 0 Å². The van der Waals surface area contributed by atoms with Gasteiger partial charge in [0.1, 0.15) is 0 Å². The number of rotatable bonds is 0. The summed E-state index contributed by atoms with van der Waals surface area (Å²) in [5, 5.41) is 0. The molecule has 0 fully saturated rings. The fourth-order valence-corrected chi connectivity index (χ4v) is 19.3. The summed E-state index contributed by atoms with van der Waals surface area (Å²) in [6.45, 7) is 9.66. The summed E-state index contributed by atoms with van der Waals surface area (Å²) >= 11 is -2.27. The van der Waals surface area contributed by atoms with Crippen molar-refractivity contribution in [3.8, 4) is 19.0 Å². The Bertz CT molecular complexity index is 336. The van der Waals surface area contributed by atoms with Crippen molar-refractivity contribution in [2.24, 2.45) is 0 Å².